The van der Waals surface area contributed by atoms with Crippen LogP contribution in [0.5, 0.6) is 0 Å². The molecule has 0 aliphatic carbocycles. The van der Waals surface area contributed by atoms with Crippen molar-refractivity contribution >= 4 is 18.4 Å². The Morgan fingerprint density at radius 2 is 2.43 bits per heavy atom. The van der Waals surface area contributed by atoms with Gasteiger partial charge in [0.05, 0.1) is 0 Å². The smallest absolute Gasteiger partial charge is 0.219 e. The predicted octanol–water partition coefficient (Wildman–Crippen LogP) is 0.743. The molecule has 0 bridgehead atoms. The molecule has 0 aliphatic rings. The topological polar surface area (TPSA) is 20.3 Å². The Morgan fingerprint density at radius 1 is 1.86 bits per heavy atom. The Hall–Kier alpha value is -0.180. The Labute approximate surface area is 48.0 Å². The standard InChI is InChI=1S/C4H9NOS/c1-3-5(4-6)7-2/h4H,3H2,1-2H3. The Balaban J connectivity index is 3.16. The minimum Gasteiger partial charge on any atom is -0.290 e. The van der Waals surface area contributed by atoms with Crippen LogP contribution in [0.1, 0.15) is 6.92 Å². The van der Waals surface area contributed by atoms with Gasteiger partial charge in [0.15, 0.2) is 0 Å². The predicted molar refractivity (Wildman–Crippen MR) is 32.0 cm³/mol. The van der Waals surface area contributed by atoms with E-state index in [1.807, 2.05) is 13.2 Å². The highest BCUT2D eigenvalue weighted by Gasteiger charge is 1.88. The summed E-state index contributed by atoms with van der Waals surface area (Å²) in [5.41, 5.74) is 0. The van der Waals surface area contributed by atoms with Gasteiger partial charge >= 0.3 is 0 Å². The van der Waals surface area contributed by atoms with Crippen LogP contribution < -0.4 is 0 Å². The molecule has 0 saturated carbocycles. The molecule has 0 unspecified atom stereocenters. The monoisotopic (exact) mass is 119 g/mol. The zero-order chi connectivity index (χ0) is 5.70. The molecule has 42 valence electrons. The summed E-state index contributed by atoms with van der Waals surface area (Å²) < 4.78 is 1.61. The van der Waals surface area contributed by atoms with Crippen molar-refractivity contribution in [1.29, 1.82) is 0 Å². The molecule has 0 aromatic rings. The third-order valence-corrected chi connectivity index (χ3v) is 1.48. The van der Waals surface area contributed by atoms with Crippen LogP contribution in [0.15, 0.2) is 0 Å². The van der Waals surface area contributed by atoms with Crippen LogP contribution in [-0.4, -0.2) is 23.5 Å². The van der Waals surface area contributed by atoms with Crippen molar-refractivity contribution in [2.24, 2.45) is 0 Å². The van der Waals surface area contributed by atoms with Gasteiger partial charge < -0.3 is 0 Å². The maximum atomic E-state index is 9.87. The fourth-order valence-electron chi connectivity index (χ4n) is 0.247. The molecule has 0 fully saturated rings. The molecule has 0 radical (unpaired) electrons. The summed E-state index contributed by atoms with van der Waals surface area (Å²) in [6.45, 7) is 2.72. The Kier molecular flexibility index (Phi) is 3.89. The van der Waals surface area contributed by atoms with Gasteiger partial charge in [0.2, 0.25) is 6.41 Å². The van der Waals surface area contributed by atoms with E-state index < -0.39 is 0 Å². The van der Waals surface area contributed by atoms with E-state index in [2.05, 4.69) is 0 Å². The highest BCUT2D eigenvalue weighted by atomic mass is 32.2. The van der Waals surface area contributed by atoms with E-state index in [1.165, 1.54) is 11.9 Å². The number of rotatable bonds is 3. The number of amides is 1. The SMILES string of the molecule is CCN(C=O)SC. The summed E-state index contributed by atoms with van der Waals surface area (Å²) in [5.74, 6) is 0. The van der Waals surface area contributed by atoms with E-state index in [0.717, 1.165) is 13.0 Å². The molecule has 7 heavy (non-hydrogen) atoms. The second-order valence-electron chi connectivity index (χ2n) is 1.02. The molecule has 0 aliphatic heterocycles. The van der Waals surface area contributed by atoms with E-state index in [4.69, 9.17) is 0 Å². The zero-order valence-electron chi connectivity index (χ0n) is 4.55. The van der Waals surface area contributed by atoms with Gasteiger partial charge in [-0.1, -0.05) is 11.9 Å². The first-order chi connectivity index (χ1) is 3.35. The molecule has 3 heteroatoms. The van der Waals surface area contributed by atoms with Gasteiger partial charge in [0, 0.05) is 12.8 Å². The normalized spacial score (nSPS) is 8.29. The quantitative estimate of drug-likeness (QED) is 0.403. The lowest BCUT2D eigenvalue weighted by Gasteiger charge is -2.07. The average Bonchev–Trinajstić information content (AvgIpc) is 1.72. The van der Waals surface area contributed by atoms with Gasteiger partial charge in [-0.05, 0) is 6.92 Å². The van der Waals surface area contributed by atoms with Crippen LogP contribution in [0.25, 0.3) is 0 Å². The van der Waals surface area contributed by atoms with E-state index in [-0.39, 0.29) is 0 Å². The number of hydrogen-bond acceptors (Lipinski definition) is 2. The minimum absolute atomic E-state index is 0.782. The second kappa shape index (κ2) is 3.99. The summed E-state index contributed by atoms with van der Waals surface area (Å²) in [5, 5.41) is 0. The van der Waals surface area contributed by atoms with Crippen LogP contribution in [0, 0.1) is 0 Å². The van der Waals surface area contributed by atoms with Gasteiger partial charge in [-0.15, -0.1) is 0 Å². The van der Waals surface area contributed by atoms with E-state index in [0.29, 0.717) is 0 Å². The van der Waals surface area contributed by atoms with Crippen molar-refractivity contribution in [3.8, 4) is 0 Å². The molecule has 0 heterocycles. The van der Waals surface area contributed by atoms with E-state index in [9.17, 15) is 4.79 Å². The summed E-state index contributed by atoms with van der Waals surface area (Å²) in [4.78, 5) is 9.87. The molecule has 0 aromatic carbocycles. The van der Waals surface area contributed by atoms with Gasteiger partial charge in [-0.3, -0.25) is 9.10 Å². The number of nitrogens with zero attached hydrogens (tertiary/aromatic N) is 1. The molecule has 1 amide bonds. The van der Waals surface area contributed by atoms with Crippen LogP contribution in [0.3, 0.4) is 0 Å². The average molecular weight is 119 g/mol. The molecular formula is C4H9NOS. The van der Waals surface area contributed by atoms with Crippen molar-refractivity contribution in [3.05, 3.63) is 0 Å². The second-order valence-corrected chi connectivity index (χ2v) is 1.86. The van der Waals surface area contributed by atoms with Crippen molar-refractivity contribution in [3.63, 3.8) is 0 Å². The molecular weight excluding hydrogens is 110 g/mol. The van der Waals surface area contributed by atoms with E-state index in [1.54, 1.807) is 4.31 Å². The first-order valence-corrected chi connectivity index (χ1v) is 3.29. The summed E-state index contributed by atoms with van der Waals surface area (Å²) in [7, 11) is 0. The maximum absolute atomic E-state index is 9.87. The van der Waals surface area contributed by atoms with Crippen LogP contribution >= 0.6 is 11.9 Å². The highest BCUT2D eigenvalue weighted by molar-refractivity contribution is 7.96. The lowest BCUT2D eigenvalue weighted by molar-refractivity contribution is -0.113. The van der Waals surface area contributed by atoms with Gasteiger partial charge in [0.1, 0.15) is 0 Å². The molecule has 0 spiro atoms. The fraction of sp³-hybridized carbons (Fsp3) is 0.750. The molecule has 2 nitrogen and oxygen atoms in total. The first-order valence-electron chi connectivity index (χ1n) is 2.11. The largest absolute Gasteiger partial charge is 0.290 e. The highest BCUT2D eigenvalue weighted by Crippen LogP contribution is 1.97. The number of carbonyl (C=O) groups excluding carboxylic acids is 1. The van der Waals surface area contributed by atoms with Crippen LogP contribution in [0.4, 0.5) is 0 Å². The van der Waals surface area contributed by atoms with Crippen LogP contribution in [-0.2, 0) is 4.79 Å². The van der Waals surface area contributed by atoms with Crippen LogP contribution in [0.2, 0.25) is 0 Å². The lowest BCUT2D eigenvalue weighted by atomic mass is 10.8. The number of carbonyl (C=O) groups is 1. The first kappa shape index (κ1) is 6.82. The lowest BCUT2D eigenvalue weighted by Crippen LogP contribution is -2.10. The van der Waals surface area contributed by atoms with Crippen molar-refractivity contribution in [2.75, 3.05) is 12.8 Å². The molecule has 0 rings (SSSR count). The Morgan fingerprint density at radius 3 is 2.43 bits per heavy atom. The van der Waals surface area contributed by atoms with Gasteiger partial charge in [-0.2, -0.15) is 0 Å². The summed E-state index contributed by atoms with van der Waals surface area (Å²) in [6, 6.07) is 0. The molecule has 0 N–H and O–H groups in total. The van der Waals surface area contributed by atoms with Crippen molar-refractivity contribution in [1.82, 2.24) is 4.31 Å². The fourth-order valence-corrected chi connectivity index (χ4v) is 0.591. The third kappa shape index (κ3) is 2.51. The Bertz CT molecular complexity index is 53.7. The van der Waals surface area contributed by atoms with Gasteiger partial charge in [-0.25, -0.2) is 0 Å². The third-order valence-electron chi connectivity index (χ3n) is 0.664. The summed E-state index contributed by atoms with van der Waals surface area (Å²) >= 11 is 1.44. The maximum Gasteiger partial charge on any atom is 0.219 e. The van der Waals surface area contributed by atoms with Crippen molar-refractivity contribution in [2.45, 2.75) is 6.92 Å². The number of hydrogen-bond donors (Lipinski definition) is 0. The minimum atomic E-state index is 0.782. The summed E-state index contributed by atoms with van der Waals surface area (Å²) in [6.07, 6.45) is 2.70. The molecule has 0 aromatic heterocycles. The molecule has 0 atom stereocenters. The van der Waals surface area contributed by atoms with E-state index >= 15 is 0 Å². The van der Waals surface area contributed by atoms with Crippen molar-refractivity contribution < 1.29 is 4.79 Å². The molecule has 0 saturated heterocycles. The van der Waals surface area contributed by atoms with Gasteiger partial charge in [0.25, 0.3) is 0 Å². The zero-order valence-corrected chi connectivity index (χ0v) is 5.36.